The molecule has 0 bridgehead atoms. The average molecular weight is 432 g/mol. The van der Waals surface area contributed by atoms with Crippen LogP contribution in [0.3, 0.4) is 0 Å². The third-order valence-electron chi connectivity index (χ3n) is 5.51. The summed E-state index contributed by atoms with van der Waals surface area (Å²) in [5.74, 6) is 2.40. The number of benzene rings is 1. The van der Waals surface area contributed by atoms with Crippen LogP contribution in [-0.2, 0) is 9.47 Å². The molecule has 0 unspecified atom stereocenters. The first-order chi connectivity index (χ1) is 14.5. The number of fused-ring (bicyclic) bond motifs is 1. The molecule has 2 atom stereocenters. The van der Waals surface area contributed by atoms with Crippen LogP contribution >= 0.6 is 11.6 Å². The SMILES string of the molecule is COC[C@@H]1C[C@@H](OC)CN1c1c(C)c(Nc2ccc(OC)cc2Cl)nc2ccnn12. The van der Waals surface area contributed by atoms with Crippen LogP contribution in [0.2, 0.25) is 5.02 Å². The molecular weight excluding hydrogens is 406 g/mol. The van der Waals surface area contributed by atoms with E-state index >= 15 is 0 Å². The molecule has 4 rings (SSSR count). The molecule has 1 aliphatic heterocycles. The molecule has 1 aromatic carbocycles. The van der Waals surface area contributed by atoms with Gasteiger partial charge in [-0.05, 0) is 25.5 Å². The Hall–Kier alpha value is -2.55. The molecule has 30 heavy (non-hydrogen) atoms. The van der Waals surface area contributed by atoms with Gasteiger partial charge in [0.1, 0.15) is 17.4 Å². The minimum Gasteiger partial charge on any atom is -0.497 e. The molecule has 1 fully saturated rings. The minimum absolute atomic E-state index is 0.135. The maximum Gasteiger partial charge on any atom is 0.159 e. The van der Waals surface area contributed by atoms with Gasteiger partial charge in [0.05, 0.1) is 42.8 Å². The van der Waals surface area contributed by atoms with Crippen molar-refractivity contribution in [2.45, 2.75) is 25.5 Å². The van der Waals surface area contributed by atoms with Crippen LogP contribution in [0.1, 0.15) is 12.0 Å². The molecule has 3 aromatic rings. The van der Waals surface area contributed by atoms with E-state index in [2.05, 4.69) is 15.3 Å². The van der Waals surface area contributed by atoms with Crippen molar-refractivity contribution in [2.75, 3.05) is 44.7 Å². The number of ether oxygens (including phenoxy) is 3. The van der Waals surface area contributed by atoms with E-state index < -0.39 is 0 Å². The number of methoxy groups -OCH3 is 3. The molecule has 0 saturated carbocycles. The zero-order chi connectivity index (χ0) is 21.3. The third kappa shape index (κ3) is 3.78. The van der Waals surface area contributed by atoms with Gasteiger partial charge in [0.25, 0.3) is 0 Å². The summed E-state index contributed by atoms with van der Waals surface area (Å²) in [5.41, 5.74) is 2.48. The molecule has 2 aromatic heterocycles. The van der Waals surface area contributed by atoms with Gasteiger partial charge in [-0.3, -0.25) is 0 Å². The molecule has 1 aliphatic rings. The molecule has 0 radical (unpaired) electrons. The maximum absolute atomic E-state index is 6.45. The molecule has 0 amide bonds. The van der Waals surface area contributed by atoms with Crippen molar-refractivity contribution >= 4 is 34.6 Å². The number of hydrogen-bond donors (Lipinski definition) is 1. The Labute approximate surface area is 180 Å². The summed E-state index contributed by atoms with van der Waals surface area (Å²) in [4.78, 5) is 7.07. The van der Waals surface area contributed by atoms with Crippen LogP contribution in [0.25, 0.3) is 5.65 Å². The van der Waals surface area contributed by atoms with Crippen molar-refractivity contribution < 1.29 is 14.2 Å². The normalized spacial score (nSPS) is 18.9. The molecule has 1 saturated heterocycles. The van der Waals surface area contributed by atoms with E-state index in [1.165, 1.54) is 0 Å². The molecule has 0 aliphatic carbocycles. The van der Waals surface area contributed by atoms with Gasteiger partial charge in [0.15, 0.2) is 5.65 Å². The highest BCUT2D eigenvalue weighted by Gasteiger charge is 2.35. The summed E-state index contributed by atoms with van der Waals surface area (Å²) in [6, 6.07) is 7.59. The minimum atomic E-state index is 0.135. The summed E-state index contributed by atoms with van der Waals surface area (Å²) >= 11 is 6.45. The van der Waals surface area contributed by atoms with Gasteiger partial charge >= 0.3 is 0 Å². The Morgan fingerprint density at radius 2 is 2.07 bits per heavy atom. The van der Waals surface area contributed by atoms with Crippen LogP contribution in [0.4, 0.5) is 17.3 Å². The summed E-state index contributed by atoms with van der Waals surface area (Å²) in [6.07, 6.45) is 2.78. The molecule has 0 spiro atoms. The highest BCUT2D eigenvalue weighted by Crippen LogP contribution is 2.35. The van der Waals surface area contributed by atoms with Gasteiger partial charge in [0, 0.05) is 38.5 Å². The Morgan fingerprint density at radius 1 is 1.23 bits per heavy atom. The lowest BCUT2D eigenvalue weighted by Gasteiger charge is -2.28. The monoisotopic (exact) mass is 431 g/mol. The van der Waals surface area contributed by atoms with Gasteiger partial charge in [-0.1, -0.05) is 11.6 Å². The molecule has 1 N–H and O–H groups in total. The van der Waals surface area contributed by atoms with Crippen molar-refractivity contribution in [1.29, 1.82) is 0 Å². The van der Waals surface area contributed by atoms with Gasteiger partial charge in [0.2, 0.25) is 0 Å². The number of nitrogens with zero attached hydrogens (tertiary/aromatic N) is 4. The fourth-order valence-electron chi connectivity index (χ4n) is 3.97. The van der Waals surface area contributed by atoms with Crippen LogP contribution in [0, 0.1) is 6.92 Å². The second kappa shape index (κ2) is 8.67. The maximum atomic E-state index is 6.45. The number of rotatable bonds is 7. The Kier molecular flexibility index (Phi) is 5.99. The van der Waals surface area contributed by atoms with E-state index in [1.807, 2.05) is 29.6 Å². The molecule has 3 heterocycles. The van der Waals surface area contributed by atoms with Gasteiger partial charge in [-0.2, -0.15) is 9.61 Å². The van der Waals surface area contributed by atoms with Crippen LogP contribution < -0.4 is 15.0 Å². The van der Waals surface area contributed by atoms with Crippen molar-refractivity contribution in [3.63, 3.8) is 0 Å². The van der Waals surface area contributed by atoms with E-state index in [-0.39, 0.29) is 12.1 Å². The number of hydrogen-bond acceptors (Lipinski definition) is 7. The third-order valence-corrected chi connectivity index (χ3v) is 5.82. The summed E-state index contributed by atoms with van der Waals surface area (Å²) < 4.78 is 18.2. The number of nitrogens with one attached hydrogen (secondary N) is 1. The second-order valence-electron chi connectivity index (χ2n) is 7.34. The zero-order valence-corrected chi connectivity index (χ0v) is 18.3. The lowest BCUT2D eigenvalue weighted by molar-refractivity contribution is 0.111. The quantitative estimate of drug-likeness (QED) is 0.611. The highest BCUT2D eigenvalue weighted by molar-refractivity contribution is 6.33. The van der Waals surface area contributed by atoms with Crippen molar-refractivity contribution in [3.8, 4) is 5.75 Å². The fraction of sp³-hybridized carbons (Fsp3) is 0.429. The summed E-state index contributed by atoms with van der Waals surface area (Å²) in [6.45, 7) is 3.40. The Morgan fingerprint density at radius 3 is 2.77 bits per heavy atom. The molecule has 8 nitrogen and oxygen atoms in total. The zero-order valence-electron chi connectivity index (χ0n) is 17.6. The first kappa shape index (κ1) is 20.7. The Balaban J connectivity index is 1.77. The van der Waals surface area contributed by atoms with Crippen molar-refractivity contribution in [2.24, 2.45) is 0 Å². The topological polar surface area (TPSA) is 73.2 Å². The lowest BCUT2D eigenvalue weighted by atomic mass is 10.2. The van der Waals surface area contributed by atoms with E-state index in [4.69, 9.17) is 30.8 Å². The van der Waals surface area contributed by atoms with Crippen LogP contribution in [-0.4, -0.2) is 61.2 Å². The van der Waals surface area contributed by atoms with Crippen LogP contribution in [0.15, 0.2) is 30.5 Å². The molecule has 160 valence electrons. The molecular formula is C21H26ClN5O3. The fourth-order valence-corrected chi connectivity index (χ4v) is 4.19. The summed E-state index contributed by atoms with van der Waals surface area (Å²) in [7, 11) is 5.09. The van der Waals surface area contributed by atoms with Crippen molar-refractivity contribution in [1.82, 2.24) is 14.6 Å². The number of aromatic nitrogens is 3. The highest BCUT2D eigenvalue weighted by atomic mass is 35.5. The standard InChI is InChI=1S/C21H26ClN5O3/c1-13-20(24-18-6-5-15(29-3)10-17(18)22)25-19-7-8-23-27(19)21(13)26-11-16(30-4)9-14(26)12-28-2/h5-8,10,14,16H,9,11-12H2,1-4H3,(H,24,25)/t14-,16+/m0/s1. The van der Waals surface area contributed by atoms with E-state index in [9.17, 15) is 0 Å². The van der Waals surface area contributed by atoms with Gasteiger partial charge in [-0.15, -0.1) is 0 Å². The predicted molar refractivity (Wildman–Crippen MR) is 117 cm³/mol. The van der Waals surface area contributed by atoms with E-state index in [0.29, 0.717) is 17.4 Å². The smallest absolute Gasteiger partial charge is 0.159 e. The van der Waals surface area contributed by atoms with E-state index in [0.717, 1.165) is 41.5 Å². The molecule has 9 heteroatoms. The lowest BCUT2D eigenvalue weighted by Crippen LogP contribution is -2.35. The van der Waals surface area contributed by atoms with Gasteiger partial charge in [-0.25, -0.2) is 4.98 Å². The van der Waals surface area contributed by atoms with E-state index in [1.54, 1.807) is 33.6 Å². The van der Waals surface area contributed by atoms with Crippen molar-refractivity contribution in [3.05, 3.63) is 41.0 Å². The Bertz CT molecular complexity index is 1040. The summed E-state index contributed by atoms with van der Waals surface area (Å²) in [5, 5.41) is 8.46. The number of anilines is 3. The predicted octanol–water partition coefficient (Wildman–Crippen LogP) is 3.68. The first-order valence-electron chi connectivity index (χ1n) is 9.79. The van der Waals surface area contributed by atoms with Crippen LogP contribution in [0.5, 0.6) is 5.75 Å². The number of halogens is 1. The largest absolute Gasteiger partial charge is 0.497 e. The van der Waals surface area contributed by atoms with Gasteiger partial charge < -0.3 is 24.4 Å². The first-order valence-corrected chi connectivity index (χ1v) is 10.2. The second-order valence-corrected chi connectivity index (χ2v) is 7.74. The average Bonchev–Trinajstić information content (AvgIpc) is 3.37.